The second kappa shape index (κ2) is 5.82. The van der Waals surface area contributed by atoms with Crippen molar-refractivity contribution in [2.24, 2.45) is 0 Å². The molecule has 4 aromatic rings. The van der Waals surface area contributed by atoms with Gasteiger partial charge in [0.1, 0.15) is 0 Å². The van der Waals surface area contributed by atoms with Crippen LogP contribution in [0, 0.1) is 0 Å². The average molecular weight is 317 g/mol. The van der Waals surface area contributed by atoms with Crippen LogP contribution >= 0.6 is 11.6 Å². The number of rotatable bonds is 2. The van der Waals surface area contributed by atoms with Crippen LogP contribution in [0.3, 0.4) is 0 Å². The molecule has 0 aliphatic carbocycles. The van der Waals surface area contributed by atoms with E-state index in [2.05, 4.69) is 40.3 Å². The summed E-state index contributed by atoms with van der Waals surface area (Å²) in [6.45, 7) is 0. The molecule has 0 N–H and O–H groups in total. The van der Waals surface area contributed by atoms with Gasteiger partial charge in [-0.3, -0.25) is 0 Å². The first kappa shape index (κ1) is 13.9. The summed E-state index contributed by atoms with van der Waals surface area (Å²) < 4.78 is 0. The maximum Gasteiger partial charge on any atom is 0.223 e. The number of hydrogen-bond donors (Lipinski definition) is 0. The molecule has 4 rings (SSSR count). The Bertz CT molecular complexity index is 981. The maximum absolute atomic E-state index is 6.15. The van der Waals surface area contributed by atoms with Crippen LogP contribution in [0.25, 0.3) is 33.3 Å². The van der Waals surface area contributed by atoms with Gasteiger partial charge in [-0.2, -0.15) is 0 Å². The van der Waals surface area contributed by atoms with Crippen LogP contribution in [-0.2, 0) is 0 Å². The molecule has 2 nitrogen and oxygen atoms in total. The Morgan fingerprint density at radius 1 is 0.565 bits per heavy atom. The summed E-state index contributed by atoms with van der Waals surface area (Å²) in [5.74, 6) is 0. The van der Waals surface area contributed by atoms with Gasteiger partial charge >= 0.3 is 0 Å². The molecule has 0 bridgehead atoms. The second-order valence-corrected chi connectivity index (χ2v) is 5.67. The van der Waals surface area contributed by atoms with Gasteiger partial charge < -0.3 is 0 Å². The molecule has 0 aliphatic heterocycles. The molecule has 110 valence electrons. The second-order valence-electron chi connectivity index (χ2n) is 5.34. The fraction of sp³-hybridized carbons (Fsp3) is 0. The number of halogens is 1. The molecular weight excluding hydrogens is 304 g/mol. The topological polar surface area (TPSA) is 25.8 Å². The van der Waals surface area contributed by atoms with Crippen LogP contribution < -0.4 is 0 Å². The van der Waals surface area contributed by atoms with E-state index in [1.807, 2.05) is 48.5 Å². The summed E-state index contributed by atoms with van der Waals surface area (Å²) in [6, 6.07) is 26.5. The van der Waals surface area contributed by atoms with E-state index in [1.54, 1.807) is 0 Å². The fourth-order valence-corrected chi connectivity index (χ4v) is 2.85. The van der Waals surface area contributed by atoms with Gasteiger partial charge in [0.15, 0.2) is 0 Å². The van der Waals surface area contributed by atoms with E-state index in [4.69, 9.17) is 11.6 Å². The minimum absolute atomic E-state index is 0.259. The summed E-state index contributed by atoms with van der Waals surface area (Å²) in [7, 11) is 0. The summed E-state index contributed by atoms with van der Waals surface area (Å²) in [6.07, 6.45) is 0. The van der Waals surface area contributed by atoms with E-state index in [1.165, 1.54) is 10.8 Å². The number of nitrogens with zero attached hydrogens (tertiary/aromatic N) is 2. The van der Waals surface area contributed by atoms with Crippen molar-refractivity contribution in [3.63, 3.8) is 0 Å². The highest BCUT2D eigenvalue weighted by Gasteiger charge is 2.08. The molecule has 0 fully saturated rings. The lowest BCUT2D eigenvalue weighted by Gasteiger charge is -2.07. The highest BCUT2D eigenvalue weighted by molar-refractivity contribution is 6.28. The Hall–Kier alpha value is -2.71. The van der Waals surface area contributed by atoms with Gasteiger partial charge in [0.05, 0.1) is 11.4 Å². The normalized spacial score (nSPS) is 10.8. The lowest BCUT2D eigenvalue weighted by atomic mass is 10.0. The Balaban J connectivity index is 1.86. The van der Waals surface area contributed by atoms with E-state index in [0.717, 1.165) is 22.5 Å². The molecule has 0 amide bonds. The highest BCUT2D eigenvalue weighted by atomic mass is 35.5. The van der Waals surface area contributed by atoms with Crippen LogP contribution in [0.5, 0.6) is 0 Å². The van der Waals surface area contributed by atoms with Crippen molar-refractivity contribution in [1.29, 1.82) is 0 Å². The summed E-state index contributed by atoms with van der Waals surface area (Å²) in [4.78, 5) is 8.74. The molecule has 0 saturated carbocycles. The third kappa shape index (κ3) is 2.81. The largest absolute Gasteiger partial charge is 0.223 e. The van der Waals surface area contributed by atoms with Crippen LogP contribution in [0.1, 0.15) is 0 Å². The molecule has 3 heteroatoms. The van der Waals surface area contributed by atoms with Crippen molar-refractivity contribution >= 4 is 22.4 Å². The van der Waals surface area contributed by atoms with Gasteiger partial charge in [-0.25, -0.2) is 9.97 Å². The van der Waals surface area contributed by atoms with Gasteiger partial charge in [0, 0.05) is 11.1 Å². The predicted molar refractivity (Wildman–Crippen MR) is 95.4 cm³/mol. The van der Waals surface area contributed by atoms with E-state index in [9.17, 15) is 0 Å². The van der Waals surface area contributed by atoms with E-state index < -0.39 is 0 Å². The van der Waals surface area contributed by atoms with Gasteiger partial charge in [0.2, 0.25) is 5.28 Å². The highest BCUT2D eigenvalue weighted by Crippen LogP contribution is 2.27. The number of benzene rings is 3. The van der Waals surface area contributed by atoms with E-state index in [0.29, 0.717) is 0 Å². The maximum atomic E-state index is 6.15. The monoisotopic (exact) mass is 316 g/mol. The number of hydrogen-bond acceptors (Lipinski definition) is 2. The Kier molecular flexibility index (Phi) is 3.52. The number of fused-ring (bicyclic) bond motifs is 1. The Morgan fingerprint density at radius 3 is 2.00 bits per heavy atom. The molecule has 1 aromatic heterocycles. The van der Waals surface area contributed by atoms with Gasteiger partial charge in [-0.15, -0.1) is 0 Å². The van der Waals surface area contributed by atoms with Crippen LogP contribution in [-0.4, -0.2) is 9.97 Å². The fourth-order valence-electron chi connectivity index (χ4n) is 2.67. The molecular formula is C20H13ClN2. The zero-order chi connectivity index (χ0) is 15.6. The first-order valence-corrected chi connectivity index (χ1v) is 7.76. The lowest BCUT2D eigenvalue weighted by molar-refractivity contribution is 1.18. The third-order valence-electron chi connectivity index (χ3n) is 3.81. The van der Waals surface area contributed by atoms with Crippen molar-refractivity contribution in [3.8, 4) is 22.5 Å². The predicted octanol–water partition coefficient (Wildman–Crippen LogP) is 5.62. The quantitative estimate of drug-likeness (QED) is 0.449. The minimum atomic E-state index is 0.259. The Labute approximate surface area is 139 Å². The van der Waals surface area contributed by atoms with Gasteiger partial charge in [-0.05, 0) is 34.5 Å². The minimum Gasteiger partial charge on any atom is -0.218 e. The lowest BCUT2D eigenvalue weighted by Crippen LogP contribution is -1.91. The smallest absolute Gasteiger partial charge is 0.218 e. The van der Waals surface area contributed by atoms with Gasteiger partial charge in [0.25, 0.3) is 0 Å². The van der Waals surface area contributed by atoms with E-state index >= 15 is 0 Å². The van der Waals surface area contributed by atoms with Crippen molar-refractivity contribution in [3.05, 3.63) is 84.1 Å². The SMILES string of the molecule is Clc1nc(-c2ccccc2)cc(-c2ccc3ccccc3c2)n1. The molecule has 0 aliphatic rings. The first-order valence-electron chi connectivity index (χ1n) is 7.39. The van der Waals surface area contributed by atoms with Crippen molar-refractivity contribution < 1.29 is 0 Å². The molecule has 0 unspecified atom stereocenters. The van der Waals surface area contributed by atoms with Gasteiger partial charge in [-0.1, -0.05) is 66.7 Å². The molecule has 0 atom stereocenters. The third-order valence-corrected chi connectivity index (χ3v) is 3.98. The average Bonchev–Trinajstić information content (AvgIpc) is 2.61. The number of aromatic nitrogens is 2. The van der Waals surface area contributed by atoms with E-state index in [-0.39, 0.29) is 5.28 Å². The first-order chi connectivity index (χ1) is 11.3. The van der Waals surface area contributed by atoms with Crippen molar-refractivity contribution in [1.82, 2.24) is 9.97 Å². The van der Waals surface area contributed by atoms with Crippen molar-refractivity contribution in [2.75, 3.05) is 0 Å². The molecule has 0 spiro atoms. The summed E-state index contributed by atoms with van der Waals surface area (Å²) in [5.41, 5.74) is 3.72. The summed E-state index contributed by atoms with van der Waals surface area (Å²) >= 11 is 6.15. The molecule has 3 aromatic carbocycles. The standard InChI is InChI=1S/C20H13ClN2/c21-20-22-18(15-7-2-1-3-8-15)13-19(23-20)17-11-10-14-6-4-5-9-16(14)12-17/h1-13H. The zero-order valence-corrected chi connectivity index (χ0v) is 13.0. The van der Waals surface area contributed by atoms with Crippen molar-refractivity contribution in [2.45, 2.75) is 0 Å². The van der Waals surface area contributed by atoms with Crippen LogP contribution in [0.15, 0.2) is 78.9 Å². The molecule has 23 heavy (non-hydrogen) atoms. The van der Waals surface area contributed by atoms with Crippen LogP contribution in [0.2, 0.25) is 5.28 Å². The molecule has 0 radical (unpaired) electrons. The van der Waals surface area contributed by atoms with Crippen LogP contribution in [0.4, 0.5) is 0 Å². The zero-order valence-electron chi connectivity index (χ0n) is 12.3. The molecule has 1 heterocycles. The summed E-state index contributed by atoms with van der Waals surface area (Å²) in [5, 5.41) is 2.65. The molecule has 0 saturated heterocycles. The Morgan fingerprint density at radius 2 is 1.22 bits per heavy atom.